The van der Waals surface area contributed by atoms with Crippen LogP contribution in [0, 0.1) is 59.2 Å². The largest absolute Gasteiger partial charge is 1.00 e. The number of fused-ring (bicyclic) bond motifs is 10. The van der Waals surface area contributed by atoms with Crippen LogP contribution in [0.1, 0.15) is 39.0 Å². The molecule has 9 unspecified atom stereocenters. The Bertz CT molecular complexity index is 694. The van der Waals surface area contributed by atoms with E-state index in [1.165, 1.54) is 12.3 Å². The maximum absolute atomic E-state index is 12.9. The van der Waals surface area contributed by atoms with Crippen LogP contribution in [0.2, 0.25) is 0 Å². The van der Waals surface area contributed by atoms with Crippen molar-refractivity contribution < 1.29 is 135 Å². The second-order valence-corrected chi connectivity index (χ2v) is 9.42. The molecule has 28 heavy (non-hydrogen) atoms. The van der Waals surface area contributed by atoms with Crippen LogP contribution in [0.4, 0.5) is 0 Å². The normalized spacial score (nSPS) is 46.8. The Hall–Kier alpha value is 2.16. The van der Waals surface area contributed by atoms with Gasteiger partial charge >= 0.3 is 122 Å². The van der Waals surface area contributed by atoms with Gasteiger partial charge in [0, 0.05) is 5.92 Å². The first-order valence-electron chi connectivity index (χ1n) is 10.4. The van der Waals surface area contributed by atoms with Crippen molar-refractivity contribution >= 4 is 11.9 Å². The van der Waals surface area contributed by atoms with E-state index >= 15 is 0 Å². The zero-order chi connectivity index (χ0) is 17.6. The van der Waals surface area contributed by atoms with Crippen LogP contribution in [0.3, 0.4) is 0 Å². The van der Waals surface area contributed by atoms with Gasteiger partial charge in [-0.2, -0.15) is 11.8 Å². The number of carbonyl (C=O) groups excluding carboxylic acids is 2. The standard InChI is InChI=1S/C22H26O4.2Rb/c1-10-14-8-15(20-12-6-5-11(7-12)19(14)20)18(10)22(24)25-9-16-13-3-2-4-17(13)26-21(16)23;;/h5-6,11-17,19-20H,2-4,7-9H2,1H3;;/q-2;2*+1. The van der Waals surface area contributed by atoms with Crippen molar-refractivity contribution in [3.8, 4) is 0 Å². The Morgan fingerprint density at radius 1 is 1.14 bits per heavy atom. The first-order chi connectivity index (χ1) is 12.6. The van der Waals surface area contributed by atoms with E-state index in [1.54, 1.807) is 0 Å². The molecule has 140 valence electrons. The Balaban J connectivity index is 0.000000961. The molecule has 6 heteroatoms. The van der Waals surface area contributed by atoms with Gasteiger partial charge in [-0.3, -0.25) is 9.59 Å². The van der Waals surface area contributed by atoms with Gasteiger partial charge in [-0.15, -0.1) is 6.42 Å². The molecular formula is C22H26O4Rb2. The molecule has 6 aliphatic rings. The molecule has 1 heterocycles. The van der Waals surface area contributed by atoms with E-state index in [2.05, 4.69) is 19.1 Å². The van der Waals surface area contributed by atoms with Crippen LogP contribution >= 0.6 is 0 Å². The maximum atomic E-state index is 12.9. The van der Waals surface area contributed by atoms with Gasteiger partial charge in [0.05, 0.1) is 5.92 Å². The molecule has 5 fully saturated rings. The molecule has 5 aliphatic carbocycles. The topological polar surface area (TPSA) is 52.6 Å². The SMILES string of the molecule is C[C-]1[C-](C(=O)OCC2C(=O)OC3CCCC32)C2CC1C1C3C=CC(C3)C21.[Rb+].[Rb+]. The van der Waals surface area contributed by atoms with Gasteiger partial charge in [-0.1, -0.05) is 24.0 Å². The predicted octanol–water partition coefficient (Wildman–Crippen LogP) is -2.86. The summed E-state index contributed by atoms with van der Waals surface area (Å²) in [5.41, 5.74) is 0. The Labute approximate surface area is 265 Å². The van der Waals surface area contributed by atoms with E-state index in [0.717, 1.165) is 43.4 Å². The number of allylic oxidation sites excluding steroid dienone is 2. The van der Waals surface area contributed by atoms with Crippen LogP contribution in [-0.4, -0.2) is 24.6 Å². The van der Waals surface area contributed by atoms with Crippen molar-refractivity contribution in [3.63, 3.8) is 0 Å². The summed E-state index contributed by atoms with van der Waals surface area (Å²) >= 11 is 0. The van der Waals surface area contributed by atoms with Crippen molar-refractivity contribution in [1.29, 1.82) is 0 Å². The molecule has 4 saturated carbocycles. The molecule has 4 bridgehead atoms. The monoisotopic (exact) mass is 524 g/mol. The average molecular weight is 525 g/mol. The summed E-state index contributed by atoms with van der Waals surface area (Å²) in [4.78, 5) is 25.1. The second kappa shape index (κ2) is 8.83. The Kier molecular flexibility index (Phi) is 7.36. The fraction of sp³-hybridized carbons (Fsp3) is 0.727. The molecule has 0 N–H and O–H groups in total. The summed E-state index contributed by atoms with van der Waals surface area (Å²) < 4.78 is 11.2. The van der Waals surface area contributed by atoms with Gasteiger partial charge in [0.25, 0.3) is 0 Å². The molecule has 0 aromatic heterocycles. The Morgan fingerprint density at radius 3 is 2.61 bits per heavy atom. The number of esters is 2. The zero-order valence-electron chi connectivity index (χ0n) is 17.2. The Morgan fingerprint density at radius 2 is 1.86 bits per heavy atom. The van der Waals surface area contributed by atoms with Crippen molar-refractivity contribution in [2.75, 3.05) is 6.61 Å². The van der Waals surface area contributed by atoms with Crippen molar-refractivity contribution in [1.82, 2.24) is 0 Å². The van der Waals surface area contributed by atoms with Crippen LogP contribution in [-0.2, 0) is 19.1 Å². The number of hydrogen-bond donors (Lipinski definition) is 0. The molecule has 0 aromatic rings. The van der Waals surface area contributed by atoms with E-state index in [4.69, 9.17) is 9.47 Å². The molecule has 0 spiro atoms. The molecule has 6 rings (SSSR count). The van der Waals surface area contributed by atoms with Gasteiger partial charge in [0.2, 0.25) is 0 Å². The van der Waals surface area contributed by atoms with Gasteiger partial charge < -0.3 is 21.3 Å². The third kappa shape index (κ3) is 3.40. The molecule has 0 aromatic carbocycles. The smallest absolute Gasteiger partial charge is 0.489 e. The van der Waals surface area contributed by atoms with Gasteiger partial charge in [-0.05, 0) is 37.5 Å². The van der Waals surface area contributed by atoms with E-state index in [1.807, 2.05) is 0 Å². The van der Waals surface area contributed by atoms with Gasteiger partial charge in [-0.25, -0.2) is 6.92 Å². The fourth-order valence-corrected chi connectivity index (χ4v) is 7.61. The second-order valence-electron chi connectivity index (χ2n) is 9.42. The minimum atomic E-state index is -0.246. The van der Waals surface area contributed by atoms with Crippen molar-refractivity contribution in [2.24, 2.45) is 47.3 Å². The van der Waals surface area contributed by atoms with E-state index in [-0.39, 0.29) is 153 Å². The van der Waals surface area contributed by atoms with Crippen LogP contribution in [0.25, 0.3) is 0 Å². The molecule has 9 atom stereocenters. The molecule has 0 amide bonds. The number of rotatable bonds is 3. The maximum Gasteiger partial charge on any atom is 1.00 e. The van der Waals surface area contributed by atoms with Gasteiger partial charge in [0.1, 0.15) is 18.7 Å². The molecule has 4 nitrogen and oxygen atoms in total. The fourth-order valence-electron chi connectivity index (χ4n) is 7.61. The van der Waals surface area contributed by atoms with Crippen molar-refractivity contribution in [3.05, 3.63) is 24.0 Å². The van der Waals surface area contributed by atoms with E-state index < -0.39 is 0 Å². The quantitative estimate of drug-likeness (QED) is 0.172. The third-order valence-electron chi connectivity index (χ3n) is 8.58. The molecule has 1 aliphatic heterocycles. The molecular weight excluding hydrogens is 499 g/mol. The summed E-state index contributed by atoms with van der Waals surface area (Å²) in [6.45, 7) is 2.34. The van der Waals surface area contributed by atoms with Crippen LogP contribution < -0.4 is 116 Å². The number of hydrogen-bond acceptors (Lipinski definition) is 4. The first-order valence-corrected chi connectivity index (χ1v) is 10.4. The van der Waals surface area contributed by atoms with Crippen LogP contribution in [0.5, 0.6) is 0 Å². The first kappa shape index (κ1) is 23.3. The summed E-state index contributed by atoms with van der Waals surface area (Å²) in [6, 6.07) is 0. The number of carbonyl (C=O) groups is 2. The molecule has 1 saturated heterocycles. The van der Waals surface area contributed by atoms with E-state index in [9.17, 15) is 9.59 Å². The summed E-state index contributed by atoms with van der Waals surface area (Å²) in [7, 11) is 0. The van der Waals surface area contributed by atoms with E-state index in [0.29, 0.717) is 23.7 Å². The van der Waals surface area contributed by atoms with Crippen LogP contribution in [0.15, 0.2) is 12.2 Å². The predicted molar refractivity (Wildman–Crippen MR) is 93.1 cm³/mol. The van der Waals surface area contributed by atoms with Gasteiger partial charge in [0.15, 0.2) is 0 Å². The molecule has 0 radical (unpaired) electrons. The zero-order valence-corrected chi connectivity index (χ0v) is 27.1. The minimum absolute atomic E-state index is 0. The summed E-state index contributed by atoms with van der Waals surface area (Å²) in [5.74, 6) is 5.68. The number of ether oxygens (including phenoxy) is 2. The summed E-state index contributed by atoms with van der Waals surface area (Å²) in [5, 5.41) is 0. The van der Waals surface area contributed by atoms with Crippen molar-refractivity contribution in [2.45, 2.75) is 45.1 Å². The average Bonchev–Trinajstić information content (AvgIpc) is 3.40. The third-order valence-corrected chi connectivity index (χ3v) is 8.58. The summed E-state index contributed by atoms with van der Waals surface area (Å²) in [6.07, 6.45) is 10.4. The minimum Gasteiger partial charge on any atom is -0.489 e.